The average molecular weight is 651 g/mol. The zero-order valence-electron chi connectivity index (χ0n) is 24.2. The predicted octanol–water partition coefficient (Wildman–Crippen LogP) is 6.79. The molecule has 2 aromatic carbocycles. The first-order valence-electron chi connectivity index (χ1n) is 13.7. The number of ether oxygens (including phenoxy) is 1. The summed E-state index contributed by atoms with van der Waals surface area (Å²) in [5.41, 5.74) is -2.87. The third kappa shape index (κ3) is 8.86. The summed E-state index contributed by atoms with van der Waals surface area (Å²) in [5, 5.41) is 4.34. The van der Waals surface area contributed by atoms with E-state index in [-0.39, 0.29) is 48.7 Å². The molecule has 1 unspecified atom stereocenters. The van der Waals surface area contributed by atoms with E-state index in [1.54, 1.807) is 32.9 Å². The van der Waals surface area contributed by atoms with Gasteiger partial charge in [-0.05, 0) is 56.0 Å². The van der Waals surface area contributed by atoms with Gasteiger partial charge in [0, 0.05) is 12.8 Å². The molecule has 3 rings (SSSR count). The summed E-state index contributed by atoms with van der Waals surface area (Å²) in [6.07, 6.45) is -12.4. The Bertz CT molecular complexity index is 1380. The number of carbonyl (C=O) groups is 2. The highest BCUT2D eigenvalue weighted by Gasteiger charge is 2.59. The molecule has 2 amide bonds. The van der Waals surface area contributed by atoms with Gasteiger partial charge in [0.2, 0.25) is 5.91 Å². The summed E-state index contributed by atoms with van der Waals surface area (Å²) in [6.45, 7) is 4.48. The van der Waals surface area contributed by atoms with Crippen LogP contribution in [-0.4, -0.2) is 50.1 Å². The molecule has 2 aromatic rings. The Hall–Kier alpha value is -3.35. The minimum Gasteiger partial charge on any atom is -0.494 e. The maximum Gasteiger partial charge on any atom is 0.416 e. The molecule has 0 saturated carbocycles. The van der Waals surface area contributed by atoms with Gasteiger partial charge in [0.1, 0.15) is 17.6 Å². The van der Waals surface area contributed by atoms with E-state index in [1.807, 2.05) is 5.32 Å². The van der Waals surface area contributed by atoms with Crippen LogP contribution in [0, 0.1) is 6.92 Å². The highest BCUT2D eigenvalue weighted by Crippen LogP contribution is 2.49. The lowest BCUT2D eigenvalue weighted by molar-refractivity contribution is -0.201. The summed E-state index contributed by atoms with van der Waals surface area (Å²) in [6, 6.07) is 10.8. The number of benzene rings is 2. The van der Waals surface area contributed by atoms with Gasteiger partial charge in [-0.3, -0.25) is 14.2 Å². The van der Waals surface area contributed by atoms with Crippen molar-refractivity contribution in [3.05, 3.63) is 70.9 Å². The Labute approximate surface area is 250 Å². The molecule has 0 radical (unpaired) electrons. The molecule has 44 heavy (non-hydrogen) atoms. The van der Waals surface area contributed by atoms with Crippen LogP contribution in [0.4, 0.5) is 26.3 Å². The fraction of sp³-hybridized carbons (Fsp3) is 0.448. The second kappa shape index (κ2) is 14.2. The van der Waals surface area contributed by atoms with E-state index in [0.29, 0.717) is 0 Å². The number of alkyl halides is 6. The van der Waals surface area contributed by atoms with Crippen LogP contribution in [0.5, 0.6) is 5.75 Å². The largest absolute Gasteiger partial charge is 0.494 e. The van der Waals surface area contributed by atoms with E-state index in [4.69, 9.17) is 13.8 Å². The van der Waals surface area contributed by atoms with Gasteiger partial charge in [-0.2, -0.15) is 26.3 Å². The Balaban J connectivity index is 2.00. The molecule has 0 saturated heterocycles. The molecule has 8 nitrogen and oxygen atoms in total. The van der Waals surface area contributed by atoms with Crippen LogP contribution in [0.25, 0.3) is 5.57 Å². The lowest BCUT2D eigenvalue weighted by Crippen LogP contribution is -2.60. The first-order valence-corrected chi connectivity index (χ1v) is 15.4. The van der Waals surface area contributed by atoms with E-state index in [2.05, 4.69) is 5.32 Å². The third-order valence-electron chi connectivity index (χ3n) is 6.66. The number of rotatable bonds is 13. The van der Waals surface area contributed by atoms with Crippen LogP contribution in [0.1, 0.15) is 49.8 Å². The van der Waals surface area contributed by atoms with Crippen LogP contribution >= 0.6 is 7.60 Å². The third-order valence-corrected chi connectivity index (χ3v) is 8.63. The predicted molar refractivity (Wildman–Crippen MR) is 150 cm³/mol. The van der Waals surface area contributed by atoms with Gasteiger partial charge in [0.25, 0.3) is 5.91 Å². The van der Waals surface area contributed by atoms with E-state index in [0.717, 1.165) is 17.7 Å². The topological polar surface area (TPSA) is 103 Å². The van der Waals surface area contributed by atoms with Crippen LogP contribution in [0.2, 0.25) is 0 Å². The normalized spacial score (nSPS) is 17.8. The lowest BCUT2D eigenvalue weighted by atomic mass is 9.77. The van der Waals surface area contributed by atoms with Crippen molar-refractivity contribution >= 4 is 25.0 Å². The van der Waals surface area contributed by atoms with Crippen molar-refractivity contribution in [2.24, 2.45) is 0 Å². The van der Waals surface area contributed by atoms with Gasteiger partial charge in [-0.15, -0.1) is 0 Å². The zero-order chi connectivity index (χ0) is 32.8. The molecule has 0 spiro atoms. The summed E-state index contributed by atoms with van der Waals surface area (Å²) in [4.78, 5) is 26.3. The minimum absolute atomic E-state index is 0.0339. The molecular formula is C29H33F6N2O6P. The van der Waals surface area contributed by atoms with Crippen molar-refractivity contribution in [1.82, 2.24) is 10.6 Å². The molecule has 0 bridgehead atoms. The van der Waals surface area contributed by atoms with E-state index in [1.165, 1.54) is 24.3 Å². The second-order valence-electron chi connectivity index (χ2n) is 10.00. The number of carbonyl (C=O) groups excluding carboxylic acids is 2. The van der Waals surface area contributed by atoms with Crippen molar-refractivity contribution < 1.29 is 54.3 Å². The van der Waals surface area contributed by atoms with Crippen LogP contribution in [-0.2, 0) is 28.7 Å². The van der Waals surface area contributed by atoms with Crippen LogP contribution in [0.15, 0.2) is 54.2 Å². The molecule has 1 heterocycles. The Kier molecular flexibility index (Phi) is 11.3. The number of aryl methyl sites for hydroxylation is 1. The number of hydrogen-bond donors (Lipinski definition) is 2. The average Bonchev–Trinajstić information content (AvgIpc) is 2.92. The molecule has 242 valence electrons. The van der Waals surface area contributed by atoms with E-state index < -0.39 is 62.0 Å². The molecule has 0 fully saturated rings. The van der Waals surface area contributed by atoms with Gasteiger partial charge in [0.05, 0.1) is 19.8 Å². The molecule has 1 atom stereocenters. The van der Waals surface area contributed by atoms with Crippen molar-refractivity contribution in [2.75, 3.05) is 26.0 Å². The van der Waals surface area contributed by atoms with Crippen molar-refractivity contribution in [3.63, 3.8) is 0 Å². The standard InChI is InChI=1S/C29H33F6N2O6P/c1-4-42-44(40,43-5-2)18-24(38)36-25-23(20-9-7-19(3)8-10-20)17-27(29(33,34)35,37-26(25)39)21-11-13-22(14-12-21)41-16-6-15-28(30,31)32/h7-14H,4-6,15-18H2,1-3H3,(H,36,38)(H,37,39). The molecule has 0 aromatic heterocycles. The smallest absolute Gasteiger partial charge is 0.416 e. The maximum atomic E-state index is 14.9. The molecule has 1 aliphatic rings. The van der Waals surface area contributed by atoms with Gasteiger partial charge in [-0.25, -0.2) is 0 Å². The highest BCUT2D eigenvalue weighted by atomic mass is 31.2. The summed E-state index contributed by atoms with van der Waals surface area (Å²) in [5.74, 6) is -2.16. The summed E-state index contributed by atoms with van der Waals surface area (Å²) < 4.78 is 110. The monoisotopic (exact) mass is 650 g/mol. The fourth-order valence-corrected chi connectivity index (χ4v) is 6.08. The van der Waals surface area contributed by atoms with E-state index >= 15 is 0 Å². The van der Waals surface area contributed by atoms with Gasteiger partial charge in [-0.1, -0.05) is 42.0 Å². The first-order chi connectivity index (χ1) is 20.5. The van der Waals surface area contributed by atoms with Crippen molar-refractivity contribution in [1.29, 1.82) is 0 Å². The quantitative estimate of drug-likeness (QED) is 0.141. The SMILES string of the molecule is CCOP(=O)(CC(=O)NC1=C(c2ccc(C)cc2)CC(c2ccc(OCCCC(F)(F)F)cc2)(C(F)(F)F)NC1=O)OCC. The molecule has 0 aliphatic carbocycles. The van der Waals surface area contributed by atoms with Crippen molar-refractivity contribution in [2.45, 2.75) is 57.9 Å². The lowest BCUT2D eigenvalue weighted by Gasteiger charge is -2.41. The molecule has 1 aliphatic heterocycles. The number of amides is 2. The van der Waals surface area contributed by atoms with Gasteiger partial charge in [0.15, 0.2) is 5.54 Å². The number of hydrogen-bond acceptors (Lipinski definition) is 6. The molecule has 2 N–H and O–H groups in total. The van der Waals surface area contributed by atoms with Crippen LogP contribution in [0.3, 0.4) is 0 Å². The molecule has 15 heteroatoms. The molecular weight excluding hydrogens is 617 g/mol. The van der Waals surface area contributed by atoms with Crippen molar-refractivity contribution in [3.8, 4) is 5.75 Å². The number of halogens is 6. The fourth-order valence-electron chi connectivity index (χ4n) is 4.61. The van der Waals surface area contributed by atoms with Gasteiger partial charge >= 0.3 is 19.9 Å². The zero-order valence-corrected chi connectivity index (χ0v) is 25.1. The van der Waals surface area contributed by atoms with Crippen LogP contribution < -0.4 is 15.4 Å². The first kappa shape index (κ1) is 35.1. The Morgan fingerprint density at radius 3 is 2.09 bits per heavy atom. The summed E-state index contributed by atoms with van der Waals surface area (Å²) >= 11 is 0. The highest BCUT2D eigenvalue weighted by molar-refractivity contribution is 7.54. The Morgan fingerprint density at radius 2 is 1.57 bits per heavy atom. The second-order valence-corrected chi connectivity index (χ2v) is 12.1. The van der Waals surface area contributed by atoms with E-state index in [9.17, 15) is 40.5 Å². The maximum absolute atomic E-state index is 14.9. The van der Waals surface area contributed by atoms with Gasteiger partial charge < -0.3 is 24.4 Å². The Morgan fingerprint density at radius 1 is 0.977 bits per heavy atom. The number of nitrogens with one attached hydrogen (secondary N) is 2. The minimum atomic E-state index is -5.04. The summed E-state index contributed by atoms with van der Waals surface area (Å²) in [7, 11) is -3.90.